The number of nitrogens with zero attached hydrogens (tertiary/aromatic N) is 3. The fourth-order valence-electron chi connectivity index (χ4n) is 2.64. The van der Waals surface area contributed by atoms with Crippen LogP contribution in [0.2, 0.25) is 0 Å². The molecule has 1 saturated carbocycles. The topological polar surface area (TPSA) is 102 Å². The molecule has 1 aliphatic carbocycles. The summed E-state index contributed by atoms with van der Waals surface area (Å²) in [6, 6.07) is 6.38. The molecule has 0 atom stereocenters. The second kappa shape index (κ2) is 7.43. The van der Waals surface area contributed by atoms with Crippen molar-refractivity contribution in [3.8, 4) is 11.3 Å². The van der Waals surface area contributed by atoms with Crippen molar-refractivity contribution in [2.45, 2.75) is 19.4 Å². The second-order valence-electron chi connectivity index (χ2n) is 6.22. The van der Waals surface area contributed by atoms with Crippen molar-refractivity contribution < 1.29 is 9.72 Å². The highest BCUT2D eigenvalue weighted by atomic mass is 16.6. The first-order valence-electron chi connectivity index (χ1n) is 8.30. The largest absolute Gasteiger partial charge is 0.355 e. The summed E-state index contributed by atoms with van der Waals surface area (Å²) >= 11 is 0. The van der Waals surface area contributed by atoms with Crippen LogP contribution in [-0.4, -0.2) is 33.7 Å². The van der Waals surface area contributed by atoms with E-state index in [4.69, 9.17) is 0 Å². The Morgan fingerprint density at radius 3 is 2.68 bits per heavy atom. The van der Waals surface area contributed by atoms with Gasteiger partial charge in [-0.3, -0.25) is 19.6 Å². The highest BCUT2D eigenvalue weighted by Crippen LogP contribution is 2.28. The van der Waals surface area contributed by atoms with Crippen LogP contribution < -0.4 is 10.6 Å². The van der Waals surface area contributed by atoms with E-state index >= 15 is 0 Å². The predicted molar refractivity (Wildman–Crippen MR) is 92.7 cm³/mol. The normalized spacial score (nSPS) is 13.6. The van der Waals surface area contributed by atoms with Crippen LogP contribution in [0.15, 0.2) is 30.5 Å². The number of hydrogen-bond acceptors (Lipinski definition) is 5. The summed E-state index contributed by atoms with van der Waals surface area (Å²) in [5.74, 6) is 0.377. The molecule has 0 spiro atoms. The molecule has 1 aliphatic rings. The lowest BCUT2D eigenvalue weighted by molar-refractivity contribution is -0.384. The summed E-state index contributed by atoms with van der Waals surface area (Å²) in [6.45, 7) is 1.88. The van der Waals surface area contributed by atoms with E-state index < -0.39 is 4.92 Å². The lowest BCUT2D eigenvalue weighted by atomic mass is 10.1. The molecule has 25 heavy (non-hydrogen) atoms. The van der Waals surface area contributed by atoms with Crippen LogP contribution in [0, 0.1) is 16.0 Å². The lowest BCUT2D eigenvalue weighted by Crippen LogP contribution is -2.32. The Bertz CT molecular complexity index is 765. The van der Waals surface area contributed by atoms with Crippen LogP contribution in [0.25, 0.3) is 11.3 Å². The maximum Gasteiger partial charge on any atom is 0.269 e. The SMILES string of the molecule is Cn1cc(CNCCNC(=O)C2CC2)c(-c2ccc([N+](=O)[O-])cc2)n1. The van der Waals surface area contributed by atoms with E-state index in [0.717, 1.165) is 29.7 Å². The molecule has 3 rings (SSSR count). The lowest BCUT2D eigenvalue weighted by Gasteiger charge is -2.07. The van der Waals surface area contributed by atoms with E-state index in [-0.39, 0.29) is 17.5 Å². The smallest absolute Gasteiger partial charge is 0.269 e. The van der Waals surface area contributed by atoms with Gasteiger partial charge in [-0.15, -0.1) is 0 Å². The van der Waals surface area contributed by atoms with Crippen molar-refractivity contribution in [1.29, 1.82) is 0 Å². The molecule has 0 saturated heterocycles. The summed E-state index contributed by atoms with van der Waals surface area (Å²) < 4.78 is 1.72. The number of amides is 1. The Hall–Kier alpha value is -2.74. The highest BCUT2D eigenvalue weighted by Gasteiger charge is 2.28. The molecule has 2 N–H and O–H groups in total. The minimum atomic E-state index is -0.416. The summed E-state index contributed by atoms with van der Waals surface area (Å²) in [6.07, 6.45) is 3.94. The van der Waals surface area contributed by atoms with Crippen LogP contribution >= 0.6 is 0 Å². The zero-order valence-electron chi connectivity index (χ0n) is 14.1. The molecular formula is C17H21N5O3. The molecule has 132 valence electrons. The number of carbonyl (C=O) groups is 1. The first-order chi connectivity index (χ1) is 12.0. The second-order valence-corrected chi connectivity index (χ2v) is 6.22. The van der Waals surface area contributed by atoms with Gasteiger partial charge in [0.05, 0.1) is 10.6 Å². The zero-order chi connectivity index (χ0) is 17.8. The average Bonchev–Trinajstić information content (AvgIpc) is 3.38. The summed E-state index contributed by atoms with van der Waals surface area (Å²) in [7, 11) is 1.84. The monoisotopic (exact) mass is 343 g/mol. The number of aromatic nitrogens is 2. The van der Waals surface area contributed by atoms with E-state index in [1.165, 1.54) is 12.1 Å². The van der Waals surface area contributed by atoms with E-state index in [0.29, 0.717) is 19.6 Å². The molecule has 0 radical (unpaired) electrons. The fraction of sp³-hybridized carbons (Fsp3) is 0.412. The molecule has 0 unspecified atom stereocenters. The Labute approximate surface area is 145 Å². The maximum atomic E-state index is 11.6. The third kappa shape index (κ3) is 4.42. The minimum Gasteiger partial charge on any atom is -0.355 e. The number of nitro groups is 1. The summed E-state index contributed by atoms with van der Waals surface area (Å²) in [5.41, 5.74) is 2.70. The Morgan fingerprint density at radius 1 is 1.32 bits per heavy atom. The van der Waals surface area contributed by atoms with Crippen molar-refractivity contribution in [3.05, 3.63) is 46.1 Å². The van der Waals surface area contributed by atoms with Gasteiger partial charge in [0.15, 0.2) is 0 Å². The number of rotatable bonds is 8. The Kier molecular flexibility index (Phi) is 5.08. The molecule has 2 aromatic rings. The van der Waals surface area contributed by atoms with Gasteiger partial charge in [-0.05, 0) is 25.0 Å². The quantitative estimate of drug-likeness (QED) is 0.431. The zero-order valence-corrected chi connectivity index (χ0v) is 14.1. The summed E-state index contributed by atoms with van der Waals surface area (Å²) in [4.78, 5) is 21.9. The maximum absolute atomic E-state index is 11.6. The van der Waals surface area contributed by atoms with Gasteiger partial charge in [0.1, 0.15) is 0 Å². The number of non-ortho nitro benzene ring substituents is 1. The Balaban J connectivity index is 1.56. The molecule has 8 heteroatoms. The van der Waals surface area contributed by atoms with Crippen LogP contribution in [0.5, 0.6) is 0 Å². The van der Waals surface area contributed by atoms with Crippen molar-refractivity contribution in [1.82, 2.24) is 20.4 Å². The van der Waals surface area contributed by atoms with Gasteiger partial charge in [0.25, 0.3) is 5.69 Å². The van der Waals surface area contributed by atoms with Gasteiger partial charge in [-0.25, -0.2) is 0 Å². The highest BCUT2D eigenvalue weighted by molar-refractivity contribution is 5.80. The fourth-order valence-corrected chi connectivity index (χ4v) is 2.64. The number of nitro benzene ring substituents is 1. The molecule has 1 aromatic heterocycles. The van der Waals surface area contributed by atoms with Crippen molar-refractivity contribution in [2.24, 2.45) is 13.0 Å². The van der Waals surface area contributed by atoms with Gasteiger partial charge in [-0.2, -0.15) is 5.10 Å². The minimum absolute atomic E-state index is 0.0609. The number of carbonyl (C=O) groups excluding carboxylic acids is 1. The van der Waals surface area contributed by atoms with Gasteiger partial charge < -0.3 is 10.6 Å². The standard InChI is InChI=1S/C17H21N5O3/c1-21-11-14(10-18-8-9-19-17(23)13-2-3-13)16(20-21)12-4-6-15(7-5-12)22(24)25/h4-7,11,13,18H,2-3,8-10H2,1H3,(H,19,23). The van der Waals surface area contributed by atoms with E-state index in [1.807, 2.05) is 13.2 Å². The van der Waals surface area contributed by atoms with E-state index in [9.17, 15) is 14.9 Å². The van der Waals surface area contributed by atoms with Crippen LogP contribution in [-0.2, 0) is 18.4 Å². The van der Waals surface area contributed by atoms with Crippen molar-refractivity contribution in [3.63, 3.8) is 0 Å². The molecule has 0 bridgehead atoms. The first-order valence-corrected chi connectivity index (χ1v) is 8.30. The van der Waals surface area contributed by atoms with Crippen LogP contribution in [0.1, 0.15) is 18.4 Å². The van der Waals surface area contributed by atoms with Gasteiger partial charge in [0, 0.05) is 62.1 Å². The molecule has 0 aliphatic heterocycles. The molecule has 1 amide bonds. The van der Waals surface area contributed by atoms with Gasteiger partial charge >= 0.3 is 0 Å². The molecule has 8 nitrogen and oxygen atoms in total. The third-order valence-electron chi connectivity index (χ3n) is 4.12. The third-order valence-corrected chi connectivity index (χ3v) is 4.12. The van der Waals surface area contributed by atoms with E-state index in [1.54, 1.807) is 16.8 Å². The van der Waals surface area contributed by atoms with Crippen molar-refractivity contribution in [2.75, 3.05) is 13.1 Å². The Morgan fingerprint density at radius 2 is 2.04 bits per heavy atom. The number of aryl methyl sites for hydroxylation is 1. The predicted octanol–water partition coefficient (Wildman–Crippen LogP) is 1.61. The molecule has 1 aromatic carbocycles. The summed E-state index contributed by atoms with van der Waals surface area (Å²) in [5, 5.41) is 21.4. The van der Waals surface area contributed by atoms with E-state index in [2.05, 4.69) is 15.7 Å². The van der Waals surface area contributed by atoms with Crippen LogP contribution in [0.3, 0.4) is 0 Å². The first kappa shape index (κ1) is 17.1. The van der Waals surface area contributed by atoms with Gasteiger partial charge in [0.2, 0.25) is 5.91 Å². The molecule has 1 heterocycles. The average molecular weight is 343 g/mol. The number of benzene rings is 1. The number of hydrogen-bond donors (Lipinski definition) is 2. The van der Waals surface area contributed by atoms with Gasteiger partial charge in [-0.1, -0.05) is 0 Å². The number of nitrogens with one attached hydrogen (secondary N) is 2. The molecular weight excluding hydrogens is 322 g/mol. The van der Waals surface area contributed by atoms with Crippen LogP contribution in [0.4, 0.5) is 5.69 Å². The molecule has 1 fully saturated rings. The van der Waals surface area contributed by atoms with Crippen molar-refractivity contribution >= 4 is 11.6 Å².